The van der Waals surface area contributed by atoms with Crippen LogP contribution in [0.15, 0.2) is 6.07 Å². The Balaban J connectivity index is 2.76. The number of nitrogens with zero attached hydrogens (tertiary/aromatic N) is 3. The molecule has 3 N–H and O–H groups in total. The van der Waals surface area contributed by atoms with Crippen LogP contribution in [0.5, 0.6) is 0 Å². The molecule has 0 aliphatic heterocycles. The molecule has 0 aliphatic carbocycles. The van der Waals surface area contributed by atoms with Crippen LogP contribution in [0.4, 0.5) is 24.8 Å². The number of halogens is 3. The lowest BCUT2D eigenvalue weighted by Gasteiger charge is -2.18. The molecule has 0 spiro atoms. The van der Waals surface area contributed by atoms with Crippen LogP contribution in [-0.2, 0) is 6.18 Å². The molecule has 5 nitrogen and oxygen atoms in total. The predicted molar refractivity (Wildman–Crippen MR) is 67.7 cm³/mol. The quantitative estimate of drug-likeness (QED) is 0.859. The van der Waals surface area contributed by atoms with E-state index >= 15 is 0 Å². The van der Waals surface area contributed by atoms with E-state index in [0.717, 1.165) is 13.0 Å². The number of nitrogen functional groups attached to an aromatic ring is 1. The highest BCUT2D eigenvalue weighted by Gasteiger charge is 2.35. The van der Waals surface area contributed by atoms with Crippen LogP contribution in [0.1, 0.15) is 19.2 Å². The molecule has 0 saturated heterocycles. The van der Waals surface area contributed by atoms with Gasteiger partial charge in [0.05, 0.1) is 0 Å². The molecule has 1 rings (SSSR count). The number of alkyl halides is 3. The third kappa shape index (κ3) is 5.29. The minimum atomic E-state index is -4.60. The molecule has 1 aromatic rings. The zero-order valence-electron chi connectivity index (χ0n) is 11.1. The molecule has 8 heteroatoms. The van der Waals surface area contributed by atoms with Crippen molar-refractivity contribution < 1.29 is 13.2 Å². The lowest BCUT2D eigenvalue weighted by Crippen LogP contribution is -2.24. The first-order chi connectivity index (χ1) is 8.68. The number of nitrogens with one attached hydrogen (secondary N) is 1. The van der Waals surface area contributed by atoms with Gasteiger partial charge in [0.15, 0.2) is 0 Å². The number of anilines is 2. The fraction of sp³-hybridized carbons (Fsp3) is 0.636. The van der Waals surface area contributed by atoms with Crippen molar-refractivity contribution in [3.8, 4) is 0 Å². The van der Waals surface area contributed by atoms with Gasteiger partial charge in [0.2, 0.25) is 5.82 Å². The molecular formula is C11H18F3N5. The van der Waals surface area contributed by atoms with E-state index in [1.807, 2.05) is 25.9 Å². The monoisotopic (exact) mass is 277 g/mol. The first-order valence-corrected chi connectivity index (χ1v) is 5.81. The van der Waals surface area contributed by atoms with Crippen LogP contribution < -0.4 is 11.1 Å². The Labute approximate surface area is 110 Å². The number of nitrogens with two attached hydrogens (primary N) is 1. The molecule has 0 saturated carbocycles. The molecule has 19 heavy (non-hydrogen) atoms. The van der Waals surface area contributed by atoms with E-state index in [2.05, 4.69) is 15.3 Å². The van der Waals surface area contributed by atoms with Crippen molar-refractivity contribution in [3.05, 3.63) is 11.9 Å². The normalized spacial score (nSPS) is 13.6. The van der Waals surface area contributed by atoms with Gasteiger partial charge in [-0.05, 0) is 34.0 Å². The molecule has 0 aliphatic rings. The Kier molecular flexibility index (Phi) is 4.93. The van der Waals surface area contributed by atoms with Crippen molar-refractivity contribution in [1.29, 1.82) is 0 Å². The van der Waals surface area contributed by atoms with Crippen molar-refractivity contribution in [2.24, 2.45) is 0 Å². The van der Waals surface area contributed by atoms with E-state index in [1.54, 1.807) is 0 Å². The number of hydrogen-bond acceptors (Lipinski definition) is 5. The minimum Gasteiger partial charge on any atom is -0.384 e. The maximum Gasteiger partial charge on any atom is 0.451 e. The van der Waals surface area contributed by atoms with Gasteiger partial charge in [0, 0.05) is 12.1 Å². The van der Waals surface area contributed by atoms with Gasteiger partial charge in [-0.2, -0.15) is 13.2 Å². The van der Waals surface area contributed by atoms with Crippen molar-refractivity contribution in [3.63, 3.8) is 0 Å². The lowest BCUT2D eigenvalue weighted by atomic mass is 10.2. The molecule has 0 bridgehead atoms. The molecule has 1 aromatic heterocycles. The second-order valence-electron chi connectivity index (χ2n) is 4.64. The second-order valence-corrected chi connectivity index (χ2v) is 4.64. The van der Waals surface area contributed by atoms with E-state index in [9.17, 15) is 13.2 Å². The largest absolute Gasteiger partial charge is 0.451 e. The highest BCUT2D eigenvalue weighted by molar-refractivity contribution is 5.45. The molecule has 1 unspecified atom stereocenters. The van der Waals surface area contributed by atoms with Crippen LogP contribution in [0.3, 0.4) is 0 Å². The molecule has 108 valence electrons. The Bertz CT molecular complexity index is 419. The van der Waals surface area contributed by atoms with Gasteiger partial charge in [0.1, 0.15) is 11.6 Å². The van der Waals surface area contributed by atoms with Gasteiger partial charge in [0.25, 0.3) is 0 Å². The van der Waals surface area contributed by atoms with Gasteiger partial charge < -0.3 is 16.0 Å². The van der Waals surface area contributed by atoms with E-state index in [0.29, 0.717) is 0 Å². The van der Waals surface area contributed by atoms with E-state index in [-0.39, 0.29) is 17.7 Å². The Morgan fingerprint density at radius 3 is 2.53 bits per heavy atom. The summed E-state index contributed by atoms with van der Waals surface area (Å²) in [6.07, 6.45) is -3.82. The highest BCUT2D eigenvalue weighted by Crippen LogP contribution is 2.27. The fourth-order valence-electron chi connectivity index (χ4n) is 1.44. The zero-order chi connectivity index (χ0) is 14.6. The smallest absolute Gasteiger partial charge is 0.384 e. The van der Waals surface area contributed by atoms with Crippen molar-refractivity contribution in [2.45, 2.75) is 25.6 Å². The van der Waals surface area contributed by atoms with Crippen LogP contribution >= 0.6 is 0 Å². The first kappa shape index (κ1) is 15.5. The standard InChI is InChI=1S/C11H18F3N5/c1-7(4-5-19(2)3)16-9-6-8(15)17-10(18-9)11(12,13)14/h6-7H,4-5H2,1-3H3,(H3,15,16,17,18). The van der Waals surface area contributed by atoms with Crippen molar-refractivity contribution in [1.82, 2.24) is 14.9 Å². The molecule has 0 amide bonds. The van der Waals surface area contributed by atoms with Gasteiger partial charge >= 0.3 is 6.18 Å². The van der Waals surface area contributed by atoms with Gasteiger partial charge in [-0.25, -0.2) is 9.97 Å². The number of rotatable bonds is 5. The molecule has 1 atom stereocenters. The summed E-state index contributed by atoms with van der Waals surface area (Å²) in [5.74, 6) is -1.34. The van der Waals surface area contributed by atoms with Crippen LogP contribution in [0.2, 0.25) is 0 Å². The minimum absolute atomic E-state index is 0.0159. The molecule has 0 fully saturated rings. The Morgan fingerprint density at radius 2 is 2.00 bits per heavy atom. The Morgan fingerprint density at radius 1 is 1.37 bits per heavy atom. The van der Waals surface area contributed by atoms with Crippen molar-refractivity contribution in [2.75, 3.05) is 31.7 Å². The van der Waals surface area contributed by atoms with Crippen LogP contribution in [-0.4, -0.2) is 41.5 Å². The summed E-state index contributed by atoms with van der Waals surface area (Å²) in [4.78, 5) is 8.60. The summed E-state index contributed by atoms with van der Waals surface area (Å²) in [5.41, 5.74) is 5.35. The van der Waals surface area contributed by atoms with E-state index in [1.165, 1.54) is 6.07 Å². The highest BCUT2D eigenvalue weighted by atomic mass is 19.4. The second kappa shape index (κ2) is 6.05. The zero-order valence-corrected chi connectivity index (χ0v) is 11.1. The number of aromatic nitrogens is 2. The summed E-state index contributed by atoms with van der Waals surface area (Å²) in [7, 11) is 3.86. The number of hydrogen-bond donors (Lipinski definition) is 2. The lowest BCUT2D eigenvalue weighted by molar-refractivity contribution is -0.144. The summed E-state index contributed by atoms with van der Waals surface area (Å²) >= 11 is 0. The molecular weight excluding hydrogens is 259 g/mol. The SMILES string of the molecule is CC(CCN(C)C)Nc1cc(N)nc(C(F)(F)F)n1. The van der Waals surface area contributed by atoms with Crippen molar-refractivity contribution >= 4 is 11.6 Å². The summed E-state index contributed by atoms with van der Waals surface area (Å²) in [6, 6.07) is 1.28. The van der Waals surface area contributed by atoms with E-state index < -0.39 is 12.0 Å². The summed E-state index contributed by atoms with van der Waals surface area (Å²) in [6.45, 7) is 2.69. The van der Waals surface area contributed by atoms with Gasteiger partial charge in [-0.1, -0.05) is 0 Å². The Hall–Kier alpha value is -1.57. The average Bonchev–Trinajstić information content (AvgIpc) is 2.24. The summed E-state index contributed by atoms with van der Waals surface area (Å²) < 4.78 is 37.6. The average molecular weight is 277 g/mol. The molecule has 1 heterocycles. The van der Waals surface area contributed by atoms with E-state index in [4.69, 9.17) is 5.73 Å². The maximum absolute atomic E-state index is 12.5. The third-order valence-corrected chi connectivity index (χ3v) is 2.40. The molecule has 0 aromatic carbocycles. The topological polar surface area (TPSA) is 67.1 Å². The molecule has 0 radical (unpaired) electrons. The predicted octanol–water partition coefficient (Wildman–Crippen LogP) is 1.83. The summed E-state index contributed by atoms with van der Waals surface area (Å²) in [5, 5.41) is 2.89. The fourth-order valence-corrected chi connectivity index (χ4v) is 1.44. The van der Waals surface area contributed by atoms with Crippen LogP contribution in [0.25, 0.3) is 0 Å². The van der Waals surface area contributed by atoms with Gasteiger partial charge in [-0.15, -0.1) is 0 Å². The van der Waals surface area contributed by atoms with Crippen LogP contribution in [0, 0.1) is 0 Å². The van der Waals surface area contributed by atoms with Gasteiger partial charge in [-0.3, -0.25) is 0 Å². The first-order valence-electron chi connectivity index (χ1n) is 5.81. The third-order valence-electron chi connectivity index (χ3n) is 2.40. The maximum atomic E-state index is 12.5.